The van der Waals surface area contributed by atoms with Crippen LogP contribution >= 0.6 is 0 Å². The van der Waals surface area contributed by atoms with Gasteiger partial charge in [-0.3, -0.25) is 0 Å². The highest BCUT2D eigenvalue weighted by atomic mass is 16.5. The van der Waals surface area contributed by atoms with Gasteiger partial charge in [-0.1, -0.05) is 114 Å². The maximum Gasteiger partial charge on any atom is 0.119 e. The van der Waals surface area contributed by atoms with E-state index < -0.39 is 0 Å². The standard InChI is InChI=1S/C32H48O/c1-3-5-7-9-10-11-13-27-14-16-28(17-15-27)29-18-20-30(21-19-29)31-22-24-32(25-23-31)33-26-12-8-6-4-2/h18-25,27-28H,3-17,26H2,1-2H3. The fourth-order valence-electron chi connectivity index (χ4n) is 5.41. The van der Waals surface area contributed by atoms with Crippen LogP contribution in [0.4, 0.5) is 0 Å². The number of hydrogen-bond donors (Lipinski definition) is 0. The molecule has 1 aliphatic rings. The average Bonchev–Trinajstić information content (AvgIpc) is 2.87. The number of ether oxygens (including phenoxy) is 1. The molecule has 0 amide bonds. The SMILES string of the molecule is CCCCCCCCC1CCC(c2ccc(-c3ccc(OCCCCCC)cc3)cc2)CC1. The van der Waals surface area contributed by atoms with Crippen molar-refractivity contribution in [2.24, 2.45) is 5.92 Å². The molecular formula is C32H48O. The Morgan fingerprint density at radius 1 is 0.606 bits per heavy atom. The van der Waals surface area contributed by atoms with E-state index in [-0.39, 0.29) is 0 Å². The quantitative estimate of drug-likeness (QED) is 0.246. The van der Waals surface area contributed by atoms with Crippen molar-refractivity contribution < 1.29 is 4.74 Å². The van der Waals surface area contributed by atoms with Crippen molar-refractivity contribution in [1.29, 1.82) is 0 Å². The van der Waals surface area contributed by atoms with Crippen molar-refractivity contribution in [3.05, 3.63) is 54.1 Å². The lowest BCUT2D eigenvalue weighted by Crippen LogP contribution is -2.13. The summed E-state index contributed by atoms with van der Waals surface area (Å²) in [6.07, 6.45) is 20.7. The summed E-state index contributed by atoms with van der Waals surface area (Å²) in [5.41, 5.74) is 4.14. The van der Waals surface area contributed by atoms with E-state index in [0.717, 1.165) is 30.6 Å². The summed E-state index contributed by atoms with van der Waals surface area (Å²) in [4.78, 5) is 0. The minimum Gasteiger partial charge on any atom is -0.494 e. The molecular weight excluding hydrogens is 400 g/mol. The van der Waals surface area contributed by atoms with Crippen LogP contribution in [-0.2, 0) is 0 Å². The third kappa shape index (κ3) is 9.19. The smallest absolute Gasteiger partial charge is 0.119 e. The molecule has 0 aromatic heterocycles. The molecule has 1 nitrogen and oxygen atoms in total. The minimum absolute atomic E-state index is 0.767. The maximum atomic E-state index is 5.90. The zero-order valence-electron chi connectivity index (χ0n) is 21.5. The molecule has 0 spiro atoms. The molecule has 1 aliphatic carbocycles. The van der Waals surface area contributed by atoms with Gasteiger partial charge in [-0.15, -0.1) is 0 Å². The molecule has 182 valence electrons. The van der Waals surface area contributed by atoms with Crippen molar-refractivity contribution >= 4 is 0 Å². The van der Waals surface area contributed by atoms with Crippen LogP contribution in [0, 0.1) is 5.92 Å². The molecule has 0 bridgehead atoms. The highest BCUT2D eigenvalue weighted by molar-refractivity contribution is 5.64. The van der Waals surface area contributed by atoms with E-state index in [1.165, 1.54) is 101 Å². The van der Waals surface area contributed by atoms with E-state index in [4.69, 9.17) is 4.74 Å². The van der Waals surface area contributed by atoms with Crippen LogP contribution in [0.5, 0.6) is 5.75 Å². The fraction of sp³-hybridized carbons (Fsp3) is 0.625. The van der Waals surface area contributed by atoms with Crippen LogP contribution in [0.1, 0.15) is 122 Å². The van der Waals surface area contributed by atoms with E-state index in [9.17, 15) is 0 Å². The number of unbranched alkanes of at least 4 members (excludes halogenated alkanes) is 8. The predicted molar refractivity (Wildman–Crippen MR) is 144 cm³/mol. The molecule has 33 heavy (non-hydrogen) atoms. The second-order valence-electron chi connectivity index (χ2n) is 10.3. The van der Waals surface area contributed by atoms with Gasteiger partial charge in [-0.25, -0.2) is 0 Å². The summed E-state index contributed by atoms with van der Waals surface area (Å²) in [6, 6.07) is 18.0. The van der Waals surface area contributed by atoms with Gasteiger partial charge in [-0.2, -0.15) is 0 Å². The lowest BCUT2D eigenvalue weighted by molar-refractivity contribution is 0.302. The first-order chi connectivity index (χ1) is 16.3. The lowest BCUT2D eigenvalue weighted by atomic mass is 9.77. The van der Waals surface area contributed by atoms with Crippen LogP contribution in [0.2, 0.25) is 0 Å². The third-order valence-corrected chi connectivity index (χ3v) is 7.65. The number of rotatable bonds is 15. The molecule has 3 rings (SSSR count). The third-order valence-electron chi connectivity index (χ3n) is 7.65. The molecule has 2 aromatic rings. The molecule has 0 aliphatic heterocycles. The monoisotopic (exact) mass is 448 g/mol. The molecule has 2 aromatic carbocycles. The Balaban J connectivity index is 1.39. The first kappa shape index (κ1) is 25.9. The average molecular weight is 449 g/mol. The first-order valence-corrected chi connectivity index (χ1v) is 14.1. The highest BCUT2D eigenvalue weighted by Crippen LogP contribution is 2.38. The summed E-state index contributed by atoms with van der Waals surface area (Å²) in [5.74, 6) is 2.74. The van der Waals surface area contributed by atoms with Crippen molar-refractivity contribution in [2.75, 3.05) is 6.61 Å². The van der Waals surface area contributed by atoms with Crippen LogP contribution in [0.15, 0.2) is 48.5 Å². The predicted octanol–water partition coefficient (Wildman–Crippen LogP) is 10.3. The Bertz CT molecular complexity index is 737. The molecule has 0 heterocycles. The van der Waals surface area contributed by atoms with Gasteiger partial charge in [0, 0.05) is 0 Å². The van der Waals surface area contributed by atoms with Crippen LogP contribution in [-0.4, -0.2) is 6.61 Å². The molecule has 0 atom stereocenters. The fourth-order valence-corrected chi connectivity index (χ4v) is 5.41. The minimum atomic E-state index is 0.767. The summed E-state index contributed by atoms with van der Waals surface area (Å²) >= 11 is 0. The Hall–Kier alpha value is -1.76. The van der Waals surface area contributed by atoms with Crippen LogP contribution < -0.4 is 4.74 Å². The molecule has 0 N–H and O–H groups in total. The largest absolute Gasteiger partial charge is 0.494 e. The topological polar surface area (TPSA) is 9.23 Å². The van der Waals surface area contributed by atoms with Gasteiger partial charge in [-0.05, 0) is 72.8 Å². The molecule has 1 saturated carbocycles. The Morgan fingerprint density at radius 2 is 1.15 bits per heavy atom. The lowest BCUT2D eigenvalue weighted by Gasteiger charge is -2.29. The summed E-state index contributed by atoms with van der Waals surface area (Å²) in [6.45, 7) is 5.37. The zero-order valence-corrected chi connectivity index (χ0v) is 21.5. The molecule has 1 fully saturated rings. The van der Waals surface area contributed by atoms with Gasteiger partial charge in [0.25, 0.3) is 0 Å². The van der Waals surface area contributed by atoms with Crippen molar-refractivity contribution in [1.82, 2.24) is 0 Å². The normalized spacial score (nSPS) is 18.4. The Morgan fingerprint density at radius 3 is 1.79 bits per heavy atom. The second kappa shape index (κ2) is 15.2. The van der Waals surface area contributed by atoms with Gasteiger partial charge in [0.05, 0.1) is 6.61 Å². The summed E-state index contributed by atoms with van der Waals surface area (Å²) in [7, 11) is 0. The van der Waals surface area contributed by atoms with E-state index in [2.05, 4.69) is 62.4 Å². The van der Waals surface area contributed by atoms with Gasteiger partial charge in [0.1, 0.15) is 5.75 Å². The van der Waals surface area contributed by atoms with Crippen molar-refractivity contribution in [3.63, 3.8) is 0 Å². The molecule has 1 heteroatoms. The maximum absolute atomic E-state index is 5.90. The molecule has 0 saturated heterocycles. The highest BCUT2D eigenvalue weighted by Gasteiger charge is 2.22. The van der Waals surface area contributed by atoms with Gasteiger partial charge in [0.15, 0.2) is 0 Å². The van der Waals surface area contributed by atoms with E-state index in [0.29, 0.717) is 0 Å². The van der Waals surface area contributed by atoms with Crippen LogP contribution in [0.3, 0.4) is 0 Å². The Labute approximate surface area is 204 Å². The van der Waals surface area contributed by atoms with Gasteiger partial charge < -0.3 is 4.74 Å². The van der Waals surface area contributed by atoms with E-state index in [1.54, 1.807) is 5.56 Å². The molecule has 0 radical (unpaired) electrons. The number of benzene rings is 2. The van der Waals surface area contributed by atoms with E-state index >= 15 is 0 Å². The Kier molecular flexibility index (Phi) is 11.9. The van der Waals surface area contributed by atoms with Gasteiger partial charge >= 0.3 is 0 Å². The summed E-state index contributed by atoms with van der Waals surface area (Å²) in [5, 5.41) is 0. The van der Waals surface area contributed by atoms with Crippen LogP contribution in [0.25, 0.3) is 11.1 Å². The number of hydrogen-bond acceptors (Lipinski definition) is 1. The van der Waals surface area contributed by atoms with Crippen molar-refractivity contribution in [3.8, 4) is 16.9 Å². The molecule has 0 unspecified atom stereocenters. The zero-order chi connectivity index (χ0) is 23.1. The first-order valence-electron chi connectivity index (χ1n) is 14.1. The van der Waals surface area contributed by atoms with Crippen molar-refractivity contribution in [2.45, 2.75) is 116 Å². The summed E-state index contributed by atoms with van der Waals surface area (Å²) < 4.78 is 5.90. The van der Waals surface area contributed by atoms with Gasteiger partial charge in [0.2, 0.25) is 0 Å². The van der Waals surface area contributed by atoms with E-state index in [1.807, 2.05) is 0 Å². The second-order valence-corrected chi connectivity index (χ2v) is 10.3.